The molecule has 1 rings (SSSR count). The minimum absolute atomic E-state index is 0.0417. The molecule has 0 spiro atoms. The van der Waals surface area contributed by atoms with E-state index >= 15 is 0 Å². The molecule has 1 saturated heterocycles. The van der Waals surface area contributed by atoms with Crippen molar-refractivity contribution in [2.24, 2.45) is 11.8 Å². The molecule has 3 unspecified atom stereocenters. The number of thioether (sulfide) groups is 1. The number of aliphatic hydroxyl groups excluding tert-OH is 1. The molecule has 0 amide bonds. The Bertz CT molecular complexity index is 121. The molecule has 1 nitrogen and oxygen atoms in total. The third-order valence-corrected chi connectivity index (χ3v) is 3.96. The van der Waals surface area contributed by atoms with Crippen LogP contribution in [0.5, 0.6) is 0 Å². The van der Waals surface area contributed by atoms with Crippen LogP contribution >= 0.6 is 11.8 Å². The highest BCUT2D eigenvalue weighted by Gasteiger charge is 2.27. The SMILES string of the molecule is CCCC(C)C(O)C1CCSC1. The van der Waals surface area contributed by atoms with E-state index in [1.54, 1.807) is 0 Å². The van der Waals surface area contributed by atoms with E-state index in [4.69, 9.17) is 0 Å². The standard InChI is InChI=1S/C10H20OS/c1-3-4-8(2)10(11)9-5-6-12-7-9/h8-11H,3-7H2,1-2H3. The summed E-state index contributed by atoms with van der Waals surface area (Å²) in [5.74, 6) is 3.51. The van der Waals surface area contributed by atoms with Gasteiger partial charge in [-0.25, -0.2) is 0 Å². The average Bonchev–Trinajstić information content (AvgIpc) is 2.55. The minimum Gasteiger partial charge on any atom is -0.393 e. The van der Waals surface area contributed by atoms with Gasteiger partial charge in [-0.2, -0.15) is 11.8 Å². The van der Waals surface area contributed by atoms with Gasteiger partial charge < -0.3 is 5.11 Å². The minimum atomic E-state index is -0.0417. The summed E-state index contributed by atoms with van der Waals surface area (Å²) in [6.07, 6.45) is 3.54. The van der Waals surface area contributed by atoms with E-state index in [-0.39, 0.29) is 6.10 Å². The predicted molar refractivity (Wildman–Crippen MR) is 55.5 cm³/mol. The van der Waals surface area contributed by atoms with Crippen LogP contribution in [0, 0.1) is 11.8 Å². The van der Waals surface area contributed by atoms with Crippen LogP contribution in [0.3, 0.4) is 0 Å². The van der Waals surface area contributed by atoms with Crippen LogP contribution in [0.4, 0.5) is 0 Å². The first-order chi connectivity index (χ1) is 5.75. The van der Waals surface area contributed by atoms with Gasteiger partial charge in [0.05, 0.1) is 6.10 Å². The summed E-state index contributed by atoms with van der Waals surface area (Å²) in [7, 11) is 0. The van der Waals surface area contributed by atoms with Crippen molar-refractivity contribution < 1.29 is 5.11 Å². The summed E-state index contributed by atoms with van der Waals surface area (Å²) in [5, 5.41) is 9.94. The molecular formula is C10H20OS. The monoisotopic (exact) mass is 188 g/mol. The third-order valence-electron chi connectivity index (χ3n) is 2.77. The topological polar surface area (TPSA) is 20.2 Å². The Morgan fingerprint density at radius 3 is 2.83 bits per heavy atom. The Morgan fingerprint density at radius 2 is 2.33 bits per heavy atom. The number of hydrogen-bond donors (Lipinski definition) is 1. The van der Waals surface area contributed by atoms with Gasteiger partial charge in [0.25, 0.3) is 0 Å². The summed E-state index contributed by atoms with van der Waals surface area (Å²) in [6, 6.07) is 0. The second-order valence-corrected chi connectivity index (χ2v) is 5.03. The van der Waals surface area contributed by atoms with E-state index in [0.717, 1.165) is 0 Å². The van der Waals surface area contributed by atoms with Crippen LogP contribution < -0.4 is 0 Å². The third kappa shape index (κ3) is 2.67. The summed E-state index contributed by atoms with van der Waals surface area (Å²) in [6.45, 7) is 4.36. The second-order valence-electron chi connectivity index (χ2n) is 3.88. The number of hydrogen-bond acceptors (Lipinski definition) is 2. The molecular weight excluding hydrogens is 168 g/mol. The molecule has 1 heterocycles. The van der Waals surface area contributed by atoms with Gasteiger partial charge in [-0.15, -0.1) is 0 Å². The lowest BCUT2D eigenvalue weighted by Crippen LogP contribution is -2.27. The maximum Gasteiger partial charge on any atom is 0.0602 e. The molecule has 72 valence electrons. The summed E-state index contributed by atoms with van der Waals surface area (Å²) in [5.41, 5.74) is 0. The lowest BCUT2D eigenvalue weighted by molar-refractivity contribution is 0.0638. The van der Waals surface area contributed by atoms with E-state index < -0.39 is 0 Å². The molecule has 0 aromatic carbocycles. The normalized spacial score (nSPS) is 28.8. The highest BCUT2D eigenvalue weighted by atomic mass is 32.2. The fraction of sp³-hybridized carbons (Fsp3) is 1.00. The van der Waals surface area contributed by atoms with Crippen LogP contribution in [0.15, 0.2) is 0 Å². The van der Waals surface area contributed by atoms with Crippen molar-refractivity contribution in [3.05, 3.63) is 0 Å². The van der Waals surface area contributed by atoms with Crippen molar-refractivity contribution in [2.75, 3.05) is 11.5 Å². The van der Waals surface area contributed by atoms with E-state index in [0.29, 0.717) is 11.8 Å². The van der Waals surface area contributed by atoms with Gasteiger partial charge >= 0.3 is 0 Å². The quantitative estimate of drug-likeness (QED) is 0.731. The van der Waals surface area contributed by atoms with Gasteiger partial charge in [-0.1, -0.05) is 20.3 Å². The maximum absolute atomic E-state index is 9.94. The molecule has 12 heavy (non-hydrogen) atoms. The van der Waals surface area contributed by atoms with Crippen molar-refractivity contribution in [2.45, 2.75) is 39.2 Å². The smallest absolute Gasteiger partial charge is 0.0602 e. The zero-order chi connectivity index (χ0) is 8.97. The van der Waals surface area contributed by atoms with Gasteiger partial charge in [0.2, 0.25) is 0 Å². The molecule has 1 N–H and O–H groups in total. The maximum atomic E-state index is 9.94. The van der Waals surface area contributed by atoms with Crippen LogP contribution in [0.25, 0.3) is 0 Å². The van der Waals surface area contributed by atoms with Crippen molar-refractivity contribution in [1.29, 1.82) is 0 Å². The van der Waals surface area contributed by atoms with Gasteiger partial charge in [0.15, 0.2) is 0 Å². The van der Waals surface area contributed by atoms with Crippen LogP contribution in [0.1, 0.15) is 33.1 Å². The van der Waals surface area contributed by atoms with Crippen LogP contribution in [0.2, 0.25) is 0 Å². The molecule has 3 atom stereocenters. The second kappa shape index (κ2) is 5.13. The number of aliphatic hydroxyl groups is 1. The first-order valence-corrected chi connectivity index (χ1v) is 6.17. The van der Waals surface area contributed by atoms with Crippen molar-refractivity contribution >= 4 is 11.8 Å². The fourth-order valence-corrected chi connectivity index (χ4v) is 3.22. The van der Waals surface area contributed by atoms with Gasteiger partial charge in [-0.3, -0.25) is 0 Å². The Kier molecular flexibility index (Phi) is 4.44. The summed E-state index contributed by atoms with van der Waals surface area (Å²) < 4.78 is 0. The molecule has 0 saturated carbocycles. The van der Waals surface area contributed by atoms with Crippen molar-refractivity contribution in [3.8, 4) is 0 Å². The number of rotatable bonds is 4. The molecule has 0 aliphatic carbocycles. The van der Waals surface area contributed by atoms with Crippen LogP contribution in [-0.2, 0) is 0 Å². The van der Waals surface area contributed by atoms with Crippen molar-refractivity contribution in [1.82, 2.24) is 0 Å². The molecule has 0 aromatic rings. The highest BCUT2D eigenvalue weighted by molar-refractivity contribution is 7.99. The zero-order valence-corrected chi connectivity index (χ0v) is 8.94. The summed E-state index contributed by atoms with van der Waals surface area (Å²) in [4.78, 5) is 0. The molecule has 1 aliphatic heterocycles. The first kappa shape index (κ1) is 10.4. The van der Waals surface area contributed by atoms with E-state index in [1.807, 2.05) is 11.8 Å². The molecule has 2 heteroatoms. The Balaban J connectivity index is 2.29. The van der Waals surface area contributed by atoms with E-state index in [1.165, 1.54) is 30.8 Å². The fourth-order valence-electron chi connectivity index (χ4n) is 1.91. The van der Waals surface area contributed by atoms with Gasteiger partial charge in [-0.05, 0) is 36.2 Å². The molecule has 1 aliphatic rings. The molecule has 1 fully saturated rings. The van der Waals surface area contributed by atoms with Crippen LogP contribution in [-0.4, -0.2) is 22.7 Å². The molecule has 0 radical (unpaired) electrons. The van der Waals surface area contributed by atoms with Gasteiger partial charge in [0, 0.05) is 0 Å². The summed E-state index contributed by atoms with van der Waals surface area (Å²) >= 11 is 1.99. The van der Waals surface area contributed by atoms with E-state index in [2.05, 4.69) is 13.8 Å². The Hall–Kier alpha value is 0.310. The highest BCUT2D eigenvalue weighted by Crippen LogP contribution is 2.30. The van der Waals surface area contributed by atoms with Gasteiger partial charge in [0.1, 0.15) is 0 Å². The van der Waals surface area contributed by atoms with E-state index in [9.17, 15) is 5.11 Å². The Morgan fingerprint density at radius 1 is 1.58 bits per heavy atom. The lowest BCUT2D eigenvalue weighted by atomic mass is 9.89. The van der Waals surface area contributed by atoms with Crippen molar-refractivity contribution in [3.63, 3.8) is 0 Å². The Labute approximate surface area is 79.9 Å². The average molecular weight is 188 g/mol. The lowest BCUT2D eigenvalue weighted by Gasteiger charge is -2.23. The molecule has 0 aromatic heterocycles. The zero-order valence-electron chi connectivity index (χ0n) is 8.12. The molecule has 0 bridgehead atoms. The largest absolute Gasteiger partial charge is 0.393 e. The first-order valence-electron chi connectivity index (χ1n) is 5.01. The predicted octanol–water partition coefficient (Wildman–Crippen LogP) is 2.54.